The molecule has 1 aliphatic rings. The first-order chi connectivity index (χ1) is 12.1. The molecule has 3 rings (SSSR count). The van der Waals surface area contributed by atoms with Crippen molar-refractivity contribution < 1.29 is 9.59 Å². The Bertz CT molecular complexity index is 776. The highest BCUT2D eigenvalue weighted by atomic mass is 35.5. The van der Waals surface area contributed by atoms with Crippen LogP contribution in [0.2, 0.25) is 5.02 Å². The van der Waals surface area contributed by atoms with Gasteiger partial charge in [-0.3, -0.25) is 4.79 Å². The minimum Gasteiger partial charge on any atom is -0.333 e. The maximum absolute atomic E-state index is 12.3. The molecule has 1 saturated heterocycles. The number of urea groups is 1. The van der Waals surface area contributed by atoms with Crippen LogP contribution >= 0.6 is 11.6 Å². The van der Waals surface area contributed by atoms with Crippen molar-refractivity contribution in [3.8, 4) is 0 Å². The summed E-state index contributed by atoms with van der Waals surface area (Å²) < 4.78 is 0. The second-order valence-electron chi connectivity index (χ2n) is 5.99. The molecule has 0 spiro atoms. The van der Waals surface area contributed by atoms with Gasteiger partial charge in [-0.2, -0.15) is 0 Å². The van der Waals surface area contributed by atoms with Gasteiger partial charge in [0.15, 0.2) is 0 Å². The quantitative estimate of drug-likeness (QED) is 0.873. The summed E-state index contributed by atoms with van der Waals surface area (Å²) in [5.41, 5.74) is 2.65. The van der Waals surface area contributed by atoms with Crippen molar-refractivity contribution in [1.82, 2.24) is 5.32 Å². The van der Waals surface area contributed by atoms with Crippen LogP contribution in [-0.4, -0.2) is 24.5 Å². The van der Waals surface area contributed by atoms with Crippen molar-refractivity contribution in [2.24, 2.45) is 0 Å². The standard InChI is InChI=1S/C19H20ClN3O2/c1-2-13-5-3-4-6-17(13)22-19(25)21-15-11-18(24)23(12-15)16-9-7-14(20)8-10-16/h3-10,15H,2,11-12H2,1H3,(H2,21,22,25). The first kappa shape index (κ1) is 17.3. The van der Waals surface area contributed by atoms with Crippen molar-refractivity contribution >= 4 is 34.9 Å². The Hall–Kier alpha value is -2.53. The summed E-state index contributed by atoms with van der Waals surface area (Å²) in [7, 11) is 0. The van der Waals surface area contributed by atoms with E-state index in [4.69, 9.17) is 11.6 Å². The molecule has 1 aliphatic heterocycles. The SMILES string of the molecule is CCc1ccccc1NC(=O)NC1CC(=O)N(c2ccc(Cl)cc2)C1. The first-order valence-corrected chi connectivity index (χ1v) is 8.66. The number of hydrogen-bond donors (Lipinski definition) is 2. The van der Waals surface area contributed by atoms with Gasteiger partial charge in [0, 0.05) is 29.4 Å². The van der Waals surface area contributed by atoms with Crippen molar-refractivity contribution in [1.29, 1.82) is 0 Å². The Kier molecular flexibility index (Phi) is 5.24. The van der Waals surface area contributed by atoms with Crippen LogP contribution in [0.4, 0.5) is 16.2 Å². The van der Waals surface area contributed by atoms with E-state index in [1.165, 1.54) is 0 Å². The van der Waals surface area contributed by atoms with E-state index in [1.807, 2.05) is 31.2 Å². The zero-order chi connectivity index (χ0) is 17.8. The minimum absolute atomic E-state index is 0.0124. The number of halogens is 1. The molecule has 3 amide bonds. The van der Waals surface area contributed by atoms with E-state index in [2.05, 4.69) is 10.6 Å². The van der Waals surface area contributed by atoms with Gasteiger partial charge in [0.25, 0.3) is 0 Å². The van der Waals surface area contributed by atoms with E-state index in [1.54, 1.807) is 29.2 Å². The molecule has 5 nitrogen and oxygen atoms in total. The molecule has 2 aromatic rings. The van der Waals surface area contributed by atoms with Crippen molar-refractivity contribution in [2.75, 3.05) is 16.8 Å². The van der Waals surface area contributed by atoms with Gasteiger partial charge in [0.05, 0.1) is 6.04 Å². The Morgan fingerprint density at radius 2 is 1.92 bits per heavy atom. The number of hydrogen-bond acceptors (Lipinski definition) is 2. The topological polar surface area (TPSA) is 61.4 Å². The summed E-state index contributed by atoms with van der Waals surface area (Å²) in [6.07, 6.45) is 1.12. The predicted octanol–water partition coefficient (Wildman–Crippen LogP) is 3.83. The third-order valence-electron chi connectivity index (χ3n) is 4.25. The Labute approximate surface area is 152 Å². The number of para-hydroxylation sites is 1. The second-order valence-corrected chi connectivity index (χ2v) is 6.43. The molecule has 0 bridgehead atoms. The van der Waals surface area contributed by atoms with Crippen molar-refractivity contribution in [3.05, 3.63) is 59.1 Å². The normalized spacial score (nSPS) is 16.8. The van der Waals surface area contributed by atoms with Crippen LogP contribution in [0, 0.1) is 0 Å². The number of benzene rings is 2. The first-order valence-electron chi connectivity index (χ1n) is 8.28. The summed E-state index contributed by atoms with van der Waals surface area (Å²) in [5.74, 6) is -0.0124. The van der Waals surface area contributed by atoms with Gasteiger partial charge in [-0.15, -0.1) is 0 Å². The molecular formula is C19H20ClN3O2. The van der Waals surface area contributed by atoms with Gasteiger partial charge in [0.2, 0.25) is 5.91 Å². The second kappa shape index (κ2) is 7.57. The zero-order valence-corrected chi connectivity index (χ0v) is 14.7. The average molecular weight is 358 g/mol. The molecule has 1 heterocycles. The summed E-state index contributed by atoms with van der Waals surface area (Å²) >= 11 is 5.89. The van der Waals surface area contributed by atoms with E-state index in [9.17, 15) is 9.59 Å². The number of carbonyl (C=O) groups is 2. The summed E-state index contributed by atoms with van der Waals surface area (Å²) in [4.78, 5) is 26.2. The number of nitrogens with one attached hydrogen (secondary N) is 2. The number of nitrogens with zero attached hydrogens (tertiary/aromatic N) is 1. The fourth-order valence-electron chi connectivity index (χ4n) is 2.97. The fourth-order valence-corrected chi connectivity index (χ4v) is 3.10. The number of carbonyl (C=O) groups excluding carboxylic acids is 2. The molecule has 0 aromatic heterocycles. The molecule has 2 N–H and O–H groups in total. The van der Waals surface area contributed by atoms with Gasteiger partial charge >= 0.3 is 6.03 Å². The molecule has 25 heavy (non-hydrogen) atoms. The molecule has 0 aliphatic carbocycles. The van der Waals surface area contributed by atoms with Crippen molar-refractivity contribution in [2.45, 2.75) is 25.8 Å². The van der Waals surface area contributed by atoms with Crippen LogP contribution in [0.1, 0.15) is 18.9 Å². The van der Waals surface area contributed by atoms with Crippen LogP contribution in [0.15, 0.2) is 48.5 Å². The largest absolute Gasteiger partial charge is 0.333 e. The monoisotopic (exact) mass is 357 g/mol. The maximum Gasteiger partial charge on any atom is 0.319 e. The smallest absolute Gasteiger partial charge is 0.319 e. The summed E-state index contributed by atoms with van der Waals surface area (Å²) in [5, 5.41) is 6.37. The lowest BCUT2D eigenvalue weighted by atomic mass is 10.1. The van der Waals surface area contributed by atoms with Gasteiger partial charge in [0.1, 0.15) is 0 Å². The van der Waals surface area contributed by atoms with Gasteiger partial charge in [-0.1, -0.05) is 36.7 Å². The van der Waals surface area contributed by atoms with Crippen LogP contribution in [-0.2, 0) is 11.2 Å². The van der Waals surface area contributed by atoms with E-state index in [0.29, 0.717) is 11.6 Å². The van der Waals surface area contributed by atoms with Gasteiger partial charge < -0.3 is 15.5 Å². The number of aryl methyl sites for hydroxylation is 1. The molecule has 130 valence electrons. The third-order valence-corrected chi connectivity index (χ3v) is 4.50. The van der Waals surface area contributed by atoms with Crippen LogP contribution in [0.25, 0.3) is 0 Å². The highest BCUT2D eigenvalue weighted by Crippen LogP contribution is 2.23. The third kappa shape index (κ3) is 4.12. The van der Waals surface area contributed by atoms with Gasteiger partial charge in [-0.05, 0) is 42.3 Å². The lowest BCUT2D eigenvalue weighted by Crippen LogP contribution is -2.39. The van der Waals surface area contributed by atoms with E-state index >= 15 is 0 Å². The van der Waals surface area contributed by atoms with Gasteiger partial charge in [-0.25, -0.2) is 4.79 Å². The molecule has 2 aromatic carbocycles. The Morgan fingerprint density at radius 1 is 1.20 bits per heavy atom. The summed E-state index contributed by atoms with van der Waals surface area (Å²) in [6, 6.07) is 14.3. The van der Waals surface area contributed by atoms with Crippen LogP contribution in [0.5, 0.6) is 0 Å². The molecule has 0 radical (unpaired) electrons. The minimum atomic E-state index is -0.295. The molecule has 6 heteroatoms. The van der Waals surface area contributed by atoms with Crippen LogP contribution < -0.4 is 15.5 Å². The molecule has 1 fully saturated rings. The van der Waals surface area contributed by atoms with E-state index in [-0.39, 0.29) is 24.4 Å². The van der Waals surface area contributed by atoms with E-state index in [0.717, 1.165) is 23.4 Å². The average Bonchev–Trinajstić information content (AvgIpc) is 2.96. The highest BCUT2D eigenvalue weighted by Gasteiger charge is 2.31. The van der Waals surface area contributed by atoms with Crippen molar-refractivity contribution in [3.63, 3.8) is 0 Å². The fraction of sp³-hybridized carbons (Fsp3) is 0.263. The number of rotatable bonds is 4. The van der Waals surface area contributed by atoms with Crippen LogP contribution in [0.3, 0.4) is 0 Å². The molecule has 0 saturated carbocycles. The van der Waals surface area contributed by atoms with E-state index < -0.39 is 0 Å². The zero-order valence-electron chi connectivity index (χ0n) is 14.0. The lowest BCUT2D eigenvalue weighted by Gasteiger charge is -2.18. The predicted molar refractivity (Wildman–Crippen MR) is 100 cm³/mol. The summed E-state index contributed by atoms with van der Waals surface area (Å²) in [6.45, 7) is 2.49. The number of anilines is 2. The molecular weight excluding hydrogens is 338 g/mol. The molecule has 1 unspecified atom stereocenters. The Balaban J connectivity index is 1.61. The maximum atomic E-state index is 12.3. The highest BCUT2D eigenvalue weighted by molar-refractivity contribution is 6.30. The Morgan fingerprint density at radius 3 is 2.64 bits per heavy atom. The number of amides is 3. The lowest BCUT2D eigenvalue weighted by molar-refractivity contribution is -0.117. The molecule has 1 atom stereocenters.